The molecule has 13 heteroatoms. The molecule has 2 aromatic carbocycles. The van der Waals surface area contributed by atoms with Crippen molar-refractivity contribution in [3.63, 3.8) is 0 Å². The Hall–Kier alpha value is -3.67. The van der Waals surface area contributed by atoms with E-state index in [1.807, 2.05) is 18.2 Å². The van der Waals surface area contributed by atoms with Gasteiger partial charge in [0.1, 0.15) is 23.2 Å². The number of hydrogen-bond acceptors (Lipinski definition) is 11. The highest BCUT2D eigenvalue weighted by Gasteiger charge is 2.37. The smallest absolute Gasteiger partial charge is 0.270 e. The maximum atomic E-state index is 11.1. The molecule has 12 nitrogen and oxygen atoms in total. The molecule has 0 amide bonds. The fraction of sp³-hybridized carbons (Fsp3) is 0.576. The normalized spacial score (nSPS) is 16.5. The molecule has 0 aliphatic carbocycles. The molecule has 0 bridgehead atoms. The van der Waals surface area contributed by atoms with Crippen LogP contribution in [0.25, 0.3) is 0 Å². The molecular weight excluding hydrogens is 605 g/mol. The monoisotopic (exact) mass is 651 g/mol. The van der Waals surface area contributed by atoms with Gasteiger partial charge in [-0.15, -0.1) is 10.2 Å². The van der Waals surface area contributed by atoms with E-state index in [4.69, 9.17) is 19.0 Å². The van der Waals surface area contributed by atoms with Gasteiger partial charge in [-0.05, 0) is 84.4 Å². The van der Waals surface area contributed by atoms with Gasteiger partial charge in [-0.1, -0.05) is 6.92 Å². The number of nitro groups is 1. The number of unbranched alkanes of at least 4 members (excludes halogenated alkanes) is 1. The number of rotatable bonds is 16. The number of anilines is 1. The third-order valence-electron chi connectivity index (χ3n) is 7.90. The van der Waals surface area contributed by atoms with Gasteiger partial charge in [-0.2, -0.15) is 10.5 Å². The number of nitro benzene ring substituents is 1. The highest BCUT2D eigenvalue weighted by Crippen LogP contribution is 2.49. The van der Waals surface area contributed by atoms with E-state index >= 15 is 0 Å². The fourth-order valence-corrected chi connectivity index (χ4v) is 7.54. The molecule has 248 valence electrons. The summed E-state index contributed by atoms with van der Waals surface area (Å²) in [6.45, 7) is 17.0. The number of benzene rings is 2. The lowest BCUT2D eigenvalue weighted by Gasteiger charge is -2.48. The lowest BCUT2D eigenvalue weighted by atomic mass is 9.79. The van der Waals surface area contributed by atoms with Crippen LogP contribution in [-0.4, -0.2) is 54.1 Å². The molecule has 0 fully saturated rings. The van der Waals surface area contributed by atoms with E-state index in [1.54, 1.807) is 7.11 Å². The summed E-state index contributed by atoms with van der Waals surface area (Å²) in [6, 6.07) is 12.5. The Bertz CT molecular complexity index is 1460. The summed E-state index contributed by atoms with van der Waals surface area (Å²) in [6.07, 6.45) is 3.03. The summed E-state index contributed by atoms with van der Waals surface area (Å²) in [5, 5.41) is 38.3. The van der Waals surface area contributed by atoms with Crippen LogP contribution in [0.2, 0.25) is 0 Å². The van der Waals surface area contributed by atoms with Gasteiger partial charge in [0.2, 0.25) is 0 Å². The first-order chi connectivity index (χ1) is 21.8. The fourth-order valence-electron chi connectivity index (χ4n) is 5.91. The van der Waals surface area contributed by atoms with Gasteiger partial charge >= 0.3 is 0 Å². The van der Waals surface area contributed by atoms with Crippen LogP contribution in [0, 0.1) is 32.8 Å². The molecule has 1 aliphatic rings. The Morgan fingerprint density at radius 3 is 2.37 bits per heavy atom. The molecule has 2 atom stereocenters. The summed E-state index contributed by atoms with van der Waals surface area (Å²) < 4.78 is 20.3. The van der Waals surface area contributed by atoms with Crippen LogP contribution < -0.4 is 9.64 Å². The number of ether oxygens (including phenoxy) is 1. The second-order valence-corrected chi connectivity index (χ2v) is 14.0. The average Bonchev–Trinajstić information content (AvgIpc) is 2.99. The minimum atomic E-state index is -1.27. The molecule has 1 aliphatic heterocycles. The number of fused-ring (bicyclic) bond motifs is 1. The minimum Gasteiger partial charge on any atom is -0.494 e. The number of methoxy groups -OCH3 is 1. The van der Waals surface area contributed by atoms with E-state index in [0.29, 0.717) is 31.1 Å². The van der Waals surface area contributed by atoms with Gasteiger partial charge in [-0.25, -0.2) is 4.67 Å². The zero-order valence-electron chi connectivity index (χ0n) is 28.2. The largest absolute Gasteiger partial charge is 0.494 e. The molecule has 0 saturated carbocycles. The molecule has 0 radical (unpaired) electrons. The number of hydrogen-bond donors (Lipinski definition) is 0. The van der Waals surface area contributed by atoms with Crippen LogP contribution in [0.15, 0.2) is 40.6 Å². The summed E-state index contributed by atoms with van der Waals surface area (Å²) in [5.74, 6) is 0.800. The summed E-state index contributed by atoms with van der Waals surface area (Å²) in [4.78, 5) is 13.0. The van der Waals surface area contributed by atoms with Crippen molar-refractivity contribution in [2.75, 3.05) is 31.8 Å². The molecular formula is C33H46N7O5P. The molecule has 0 aromatic heterocycles. The molecule has 2 unspecified atom stereocenters. The van der Waals surface area contributed by atoms with Crippen molar-refractivity contribution in [2.24, 2.45) is 10.2 Å². The van der Waals surface area contributed by atoms with E-state index < -0.39 is 13.4 Å². The molecule has 0 saturated heterocycles. The van der Waals surface area contributed by atoms with Crippen LogP contribution >= 0.6 is 8.53 Å². The lowest BCUT2D eigenvalue weighted by Crippen LogP contribution is -2.48. The Balaban J connectivity index is 1.78. The maximum absolute atomic E-state index is 11.1. The highest BCUT2D eigenvalue weighted by atomic mass is 31.2. The molecule has 3 rings (SSSR count). The van der Waals surface area contributed by atoms with Gasteiger partial charge < -0.3 is 18.7 Å². The van der Waals surface area contributed by atoms with Crippen LogP contribution in [0.5, 0.6) is 5.75 Å². The van der Waals surface area contributed by atoms with Gasteiger partial charge in [-0.3, -0.25) is 10.1 Å². The molecule has 2 aromatic rings. The van der Waals surface area contributed by atoms with Crippen LogP contribution in [0.3, 0.4) is 0 Å². The third kappa shape index (κ3) is 9.20. The van der Waals surface area contributed by atoms with Crippen molar-refractivity contribution in [1.29, 1.82) is 10.5 Å². The van der Waals surface area contributed by atoms with Gasteiger partial charge in [0, 0.05) is 48.1 Å². The van der Waals surface area contributed by atoms with Crippen LogP contribution in [0.4, 0.5) is 22.7 Å². The van der Waals surface area contributed by atoms with E-state index in [-0.39, 0.29) is 40.5 Å². The quantitative estimate of drug-likeness (QED) is 0.0569. The lowest BCUT2D eigenvalue weighted by molar-refractivity contribution is -0.384. The van der Waals surface area contributed by atoms with E-state index in [9.17, 15) is 15.4 Å². The first kappa shape index (κ1) is 36.8. The summed E-state index contributed by atoms with van der Waals surface area (Å²) >= 11 is 0. The summed E-state index contributed by atoms with van der Waals surface area (Å²) in [5.41, 5.74) is 2.78. The van der Waals surface area contributed by atoms with Crippen LogP contribution in [0.1, 0.15) is 91.2 Å². The zero-order valence-corrected chi connectivity index (χ0v) is 29.1. The SMILES string of the molecule is COc1cc2c(cc1/N=N/c1ccc([N+](=O)[O-])cc1C#N)C(C)CC(C)(C)N2CCCCOP(OCCC#N)N(C(C)C)C(C)C. The van der Waals surface area contributed by atoms with Crippen molar-refractivity contribution in [3.05, 3.63) is 51.6 Å². The van der Waals surface area contributed by atoms with Crippen molar-refractivity contribution in [1.82, 2.24) is 4.67 Å². The number of nitrogens with zero attached hydrogens (tertiary/aromatic N) is 7. The topological polar surface area (TPSA) is 150 Å². The number of azo groups is 1. The third-order valence-corrected chi connectivity index (χ3v) is 10.0. The van der Waals surface area contributed by atoms with Crippen molar-refractivity contribution in [3.8, 4) is 17.9 Å². The minimum absolute atomic E-state index is 0.0718. The predicted molar refractivity (Wildman–Crippen MR) is 180 cm³/mol. The molecule has 46 heavy (non-hydrogen) atoms. The number of non-ortho nitro benzene ring substituents is 1. The molecule has 0 N–H and O–H groups in total. The second kappa shape index (κ2) is 16.8. The second-order valence-electron chi connectivity index (χ2n) is 12.5. The van der Waals surface area contributed by atoms with E-state index in [1.165, 1.54) is 18.2 Å². The Morgan fingerprint density at radius 2 is 1.76 bits per heavy atom. The van der Waals surface area contributed by atoms with E-state index in [2.05, 4.69) is 74.3 Å². The average molecular weight is 652 g/mol. The van der Waals surface area contributed by atoms with Crippen molar-refractivity contribution >= 4 is 31.3 Å². The van der Waals surface area contributed by atoms with Gasteiger partial charge in [0.25, 0.3) is 14.2 Å². The van der Waals surface area contributed by atoms with Gasteiger partial charge in [0.15, 0.2) is 0 Å². The standard InChI is InChI=1S/C33H46N7O5P/c1-23(2)39(24(3)4)46(45-17-11-14-34)44-16-10-9-15-38-31-20-32(43-8)30(19-28(31)25(5)21-33(38,6)7)37-36-29-13-12-27(40(41)42)18-26(29)22-35/h12-13,18-20,23-25H,9-11,15-17,21H2,1-8H3/b37-36+. The van der Waals surface area contributed by atoms with Crippen molar-refractivity contribution < 1.29 is 18.7 Å². The first-order valence-electron chi connectivity index (χ1n) is 15.7. The Labute approximate surface area is 274 Å². The predicted octanol–water partition coefficient (Wildman–Crippen LogP) is 9.06. The van der Waals surface area contributed by atoms with E-state index in [0.717, 1.165) is 37.1 Å². The Kier molecular flexibility index (Phi) is 13.4. The van der Waals surface area contributed by atoms with Crippen LogP contribution in [-0.2, 0) is 9.05 Å². The van der Waals surface area contributed by atoms with Crippen molar-refractivity contribution in [2.45, 2.75) is 97.7 Å². The number of nitriles is 2. The summed E-state index contributed by atoms with van der Waals surface area (Å²) in [7, 11) is 0.317. The highest BCUT2D eigenvalue weighted by molar-refractivity contribution is 7.44. The first-order valence-corrected chi connectivity index (χ1v) is 16.8. The van der Waals surface area contributed by atoms with Gasteiger partial charge in [0.05, 0.1) is 43.3 Å². The molecule has 0 spiro atoms. The molecule has 1 heterocycles. The zero-order chi connectivity index (χ0) is 34.0. The Morgan fingerprint density at radius 1 is 1.09 bits per heavy atom. The maximum Gasteiger partial charge on any atom is 0.270 e.